The van der Waals surface area contributed by atoms with Crippen LogP contribution in [0.25, 0.3) is 0 Å². The average Bonchev–Trinajstić information content (AvgIpc) is 2.24. The molecule has 0 saturated heterocycles. The van der Waals surface area contributed by atoms with Gasteiger partial charge < -0.3 is 24.6 Å². The van der Waals surface area contributed by atoms with Gasteiger partial charge in [0.25, 0.3) is 0 Å². The largest absolute Gasteiger partial charge is 0.389 e. The van der Waals surface area contributed by atoms with Crippen LogP contribution in [0.1, 0.15) is 19.8 Å². The highest BCUT2D eigenvalue weighted by Gasteiger charge is 2.12. The van der Waals surface area contributed by atoms with Gasteiger partial charge in [0.05, 0.1) is 25.4 Å². The molecule has 0 aliphatic heterocycles. The summed E-state index contributed by atoms with van der Waals surface area (Å²) in [6, 6.07) is 0. The first-order valence-corrected chi connectivity index (χ1v) is 6.21. The van der Waals surface area contributed by atoms with E-state index in [1.165, 1.54) is 0 Å². The number of hydrogen-bond donors (Lipinski definition) is 2. The van der Waals surface area contributed by atoms with Crippen molar-refractivity contribution in [2.75, 3.05) is 47.1 Å². The second-order valence-corrected chi connectivity index (χ2v) is 4.41. The van der Waals surface area contributed by atoms with Gasteiger partial charge in [0.15, 0.2) is 0 Å². The molecule has 104 valence electrons. The summed E-state index contributed by atoms with van der Waals surface area (Å²) < 4.78 is 10.2. The molecule has 2 unspecified atom stereocenters. The maximum atomic E-state index is 9.68. The molecule has 0 radical (unpaired) electrons. The standard InChI is InChI=1S/C12H27NO4/c1-4-5-6-17-10-12(15)8-13(2)7-11(14)9-16-3/h11-12,14-15H,4-10H2,1-3H3. The first-order valence-electron chi connectivity index (χ1n) is 6.21. The fourth-order valence-corrected chi connectivity index (χ4v) is 1.56. The molecule has 5 heteroatoms. The number of hydrogen-bond acceptors (Lipinski definition) is 5. The van der Waals surface area contributed by atoms with E-state index in [9.17, 15) is 10.2 Å². The van der Waals surface area contributed by atoms with Gasteiger partial charge in [-0.3, -0.25) is 0 Å². The lowest BCUT2D eigenvalue weighted by atomic mass is 10.3. The van der Waals surface area contributed by atoms with Crippen molar-refractivity contribution >= 4 is 0 Å². The third-order valence-electron chi connectivity index (χ3n) is 2.36. The number of rotatable bonds is 11. The molecule has 0 heterocycles. The van der Waals surface area contributed by atoms with Gasteiger partial charge in [0.1, 0.15) is 0 Å². The number of unbranched alkanes of at least 4 members (excludes halogenated alkanes) is 1. The summed E-state index contributed by atoms with van der Waals surface area (Å²) in [6.45, 7) is 4.44. The molecule has 0 aromatic heterocycles. The molecule has 0 aromatic carbocycles. The summed E-state index contributed by atoms with van der Waals surface area (Å²) in [5.74, 6) is 0. The van der Waals surface area contributed by atoms with Crippen molar-refractivity contribution in [1.82, 2.24) is 4.90 Å². The number of aliphatic hydroxyl groups excluding tert-OH is 2. The van der Waals surface area contributed by atoms with Crippen LogP contribution >= 0.6 is 0 Å². The maximum absolute atomic E-state index is 9.68. The molecule has 2 atom stereocenters. The van der Waals surface area contributed by atoms with Crippen LogP contribution < -0.4 is 0 Å². The Morgan fingerprint density at radius 2 is 1.71 bits per heavy atom. The van der Waals surface area contributed by atoms with E-state index >= 15 is 0 Å². The van der Waals surface area contributed by atoms with Crippen molar-refractivity contribution in [3.63, 3.8) is 0 Å². The highest BCUT2D eigenvalue weighted by atomic mass is 16.5. The molecule has 0 spiro atoms. The fraction of sp³-hybridized carbons (Fsp3) is 1.00. The Balaban J connectivity index is 3.54. The minimum atomic E-state index is -0.516. The Morgan fingerprint density at radius 3 is 2.24 bits per heavy atom. The molecule has 2 N–H and O–H groups in total. The van der Waals surface area contributed by atoms with E-state index in [0.29, 0.717) is 32.9 Å². The van der Waals surface area contributed by atoms with Gasteiger partial charge in [-0.1, -0.05) is 13.3 Å². The Morgan fingerprint density at radius 1 is 1.12 bits per heavy atom. The Labute approximate surface area is 104 Å². The van der Waals surface area contributed by atoms with Crippen LogP contribution in [0.2, 0.25) is 0 Å². The van der Waals surface area contributed by atoms with Crippen LogP contribution in [0.3, 0.4) is 0 Å². The highest BCUT2D eigenvalue weighted by molar-refractivity contribution is 4.65. The SMILES string of the molecule is CCCCOCC(O)CN(C)CC(O)COC. The van der Waals surface area contributed by atoms with Gasteiger partial charge in [0, 0.05) is 26.8 Å². The van der Waals surface area contributed by atoms with Crippen LogP contribution in [0, 0.1) is 0 Å². The first kappa shape index (κ1) is 16.8. The molecular weight excluding hydrogens is 222 g/mol. The molecule has 0 bridgehead atoms. The number of aliphatic hydroxyl groups is 2. The van der Waals surface area contributed by atoms with Gasteiger partial charge in [-0.25, -0.2) is 0 Å². The lowest BCUT2D eigenvalue weighted by Gasteiger charge is -2.22. The van der Waals surface area contributed by atoms with Crippen molar-refractivity contribution in [2.45, 2.75) is 32.0 Å². The molecule has 0 aliphatic carbocycles. The second kappa shape index (κ2) is 10.9. The van der Waals surface area contributed by atoms with Crippen molar-refractivity contribution < 1.29 is 19.7 Å². The molecule has 0 aromatic rings. The predicted molar refractivity (Wildman–Crippen MR) is 67.1 cm³/mol. The smallest absolute Gasteiger partial charge is 0.0900 e. The number of nitrogens with zero attached hydrogens (tertiary/aromatic N) is 1. The first-order chi connectivity index (χ1) is 8.10. The molecule has 17 heavy (non-hydrogen) atoms. The third kappa shape index (κ3) is 10.7. The van der Waals surface area contributed by atoms with E-state index in [1.807, 2.05) is 11.9 Å². The summed E-state index contributed by atoms with van der Waals surface area (Å²) in [4.78, 5) is 1.87. The third-order valence-corrected chi connectivity index (χ3v) is 2.36. The van der Waals surface area contributed by atoms with E-state index in [4.69, 9.17) is 9.47 Å². The van der Waals surface area contributed by atoms with E-state index in [0.717, 1.165) is 12.8 Å². The van der Waals surface area contributed by atoms with Gasteiger partial charge in [-0.05, 0) is 13.5 Å². The molecule has 0 amide bonds. The van der Waals surface area contributed by atoms with Crippen molar-refractivity contribution in [3.8, 4) is 0 Å². The van der Waals surface area contributed by atoms with Crippen LogP contribution in [-0.2, 0) is 9.47 Å². The number of likely N-dealkylation sites (N-methyl/N-ethyl adjacent to an activating group) is 1. The minimum absolute atomic E-state index is 0.313. The summed E-state index contributed by atoms with van der Waals surface area (Å²) in [7, 11) is 3.41. The summed E-state index contributed by atoms with van der Waals surface area (Å²) in [5.41, 5.74) is 0. The van der Waals surface area contributed by atoms with Crippen molar-refractivity contribution in [1.29, 1.82) is 0 Å². The number of ether oxygens (including phenoxy) is 2. The second-order valence-electron chi connectivity index (χ2n) is 4.41. The molecule has 0 fully saturated rings. The minimum Gasteiger partial charge on any atom is -0.389 e. The van der Waals surface area contributed by atoms with E-state index < -0.39 is 12.2 Å². The van der Waals surface area contributed by atoms with Crippen molar-refractivity contribution in [3.05, 3.63) is 0 Å². The molecular formula is C12H27NO4. The number of methoxy groups -OCH3 is 1. The fourth-order valence-electron chi connectivity index (χ4n) is 1.56. The van der Waals surface area contributed by atoms with E-state index in [-0.39, 0.29) is 0 Å². The lowest BCUT2D eigenvalue weighted by molar-refractivity contribution is 0.00268. The van der Waals surface area contributed by atoms with Crippen LogP contribution in [0.5, 0.6) is 0 Å². The zero-order chi connectivity index (χ0) is 13.1. The van der Waals surface area contributed by atoms with Crippen LogP contribution in [0.4, 0.5) is 0 Å². The van der Waals surface area contributed by atoms with Gasteiger partial charge in [-0.15, -0.1) is 0 Å². The van der Waals surface area contributed by atoms with E-state index in [1.54, 1.807) is 7.11 Å². The Hall–Kier alpha value is -0.200. The molecule has 0 aliphatic rings. The highest BCUT2D eigenvalue weighted by Crippen LogP contribution is 1.96. The lowest BCUT2D eigenvalue weighted by Crippen LogP contribution is -2.38. The topological polar surface area (TPSA) is 62.2 Å². The summed E-state index contributed by atoms with van der Waals surface area (Å²) >= 11 is 0. The van der Waals surface area contributed by atoms with Gasteiger partial charge in [-0.2, -0.15) is 0 Å². The zero-order valence-corrected chi connectivity index (χ0v) is 11.3. The average molecular weight is 249 g/mol. The zero-order valence-electron chi connectivity index (χ0n) is 11.3. The molecule has 0 rings (SSSR count). The summed E-state index contributed by atoms with van der Waals surface area (Å²) in [6.07, 6.45) is 1.10. The normalized spacial score (nSPS) is 15.2. The van der Waals surface area contributed by atoms with Gasteiger partial charge in [0.2, 0.25) is 0 Å². The van der Waals surface area contributed by atoms with Crippen LogP contribution in [-0.4, -0.2) is 74.4 Å². The Kier molecular flexibility index (Phi) is 10.8. The Bertz CT molecular complexity index is 169. The monoisotopic (exact) mass is 249 g/mol. The van der Waals surface area contributed by atoms with Gasteiger partial charge >= 0.3 is 0 Å². The molecule has 5 nitrogen and oxygen atoms in total. The van der Waals surface area contributed by atoms with Crippen LogP contribution in [0.15, 0.2) is 0 Å². The van der Waals surface area contributed by atoms with E-state index in [2.05, 4.69) is 6.92 Å². The van der Waals surface area contributed by atoms with Crippen molar-refractivity contribution in [2.24, 2.45) is 0 Å². The molecule has 0 saturated carbocycles. The maximum Gasteiger partial charge on any atom is 0.0900 e. The quantitative estimate of drug-likeness (QED) is 0.509. The predicted octanol–water partition coefficient (Wildman–Crippen LogP) is 0.103. The summed E-state index contributed by atoms with van der Waals surface area (Å²) in [5, 5.41) is 19.2.